The fraction of sp³-hybridized carbons (Fsp3) is 0.211. The molecule has 0 fully saturated rings. The van der Waals surface area contributed by atoms with Crippen molar-refractivity contribution in [3.8, 4) is 11.3 Å². The molecule has 0 aliphatic rings. The Morgan fingerprint density at radius 1 is 1.19 bits per heavy atom. The first-order valence-corrected chi connectivity index (χ1v) is 9.91. The van der Waals surface area contributed by atoms with E-state index in [2.05, 4.69) is 10.3 Å². The topological polar surface area (TPSA) is 64.0 Å². The highest BCUT2D eigenvalue weighted by atomic mass is 32.2. The van der Waals surface area contributed by atoms with E-state index in [1.165, 1.54) is 30.0 Å². The lowest BCUT2D eigenvalue weighted by molar-refractivity contribution is -0.119. The van der Waals surface area contributed by atoms with Gasteiger partial charge in [0.25, 0.3) is 0 Å². The summed E-state index contributed by atoms with van der Waals surface area (Å²) in [6.45, 7) is 1.94. The lowest BCUT2D eigenvalue weighted by Gasteiger charge is -2.05. The van der Waals surface area contributed by atoms with E-state index in [1.54, 1.807) is 0 Å². The Bertz CT molecular complexity index is 916. The van der Waals surface area contributed by atoms with Gasteiger partial charge < -0.3 is 9.88 Å². The van der Waals surface area contributed by atoms with E-state index in [9.17, 15) is 9.59 Å². The van der Waals surface area contributed by atoms with Crippen LogP contribution in [0.1, 0.15) is 21.5 Å². The van der Waals surface area contributed by atoms with Crippen LogP contribution in [0, 0.1) is 0 Å². The molecule has 134 valence electrons. The summed E-state index contributed by atoms with van der Waals surface area (Å²) in [4.78, 5) is 29.5. The van der Waals surface area contributed by atoms with Crippen LogP contribution in [-0.4, -0.2) is 27.0 Å². The molecule has 0 aliphatic heterocycles. The fourth-order valence-corrected chi connectivity index (χ4v) is 4.25. The molecule has 2 aromatic heterocycles. The summed E-state index contributed by atoms with van der Waals surface area (Å²) in [6, 6.07) is 13.8. The van der Waals surface area contributed by atoms with Crippen molar-refractivity contribution >= 4 is 34.8 Å². The molecule has 26 heavy (non-hydrogen) atoms. The van der Waals surface area contributed by atoms with Crippen LogP contribution >= 0.6 is 23.1 Å². The number of nitrogens with one attached hydrogen (secondary N) is 1. The Labute approximate surface area is 160 Å². The number of imidazole rings is 1. The minimum atomic E-state index is -0.0779. The van der Waals surface area contributed by atoms with E-state index < -0.39 is 0 Å². The quantitative estimate of drug-likeness (QED) is 0.497. The lowest BCUT2D eigenvalue weighted by Crippen LogP contribution is -2.18. The highest BCUT2D eigenvalue weighted by molar-refractivity contribution is 7.99. The number of thiophene rings is 1. The number of carbonyl (C=O) groups excluding carboxylic acids is 2. The summed E-state index contributed by atoms with van der Waals surface area (Å²) in [7, 11) is 1.96. The summed E-state index contributed by atoms with van der Waals surface area (Å²) in [6.07, 6.45) is 1.83. The van der Waals surface area contributed by atoms with Gasteiger partial charge in [0.1, 0.15) is 0 Å². The van der Waals surface area contributed by atoms with Crippen LogP contribution in [0.2, 0.25) is 0 Å². The number of thioether (sulfide) groups is 1. The number of Topliss-reactive ketones (excluding diaryl/α,β-unsaturated/α-hetero) is 1. The largest absolute Gasteiger partial charge is 0.351 e. The molecule has 0 radical (unpaired) electrons. The second kappa shape index (κ2) is 8.33. The number of carbonyl (C=O) groups is 2. The third-order valence-electron chi connectivity index (χ3n) is 3.80. The molecular formula is C19H19N3O2S2. The zero-order valence-electron chi connectivity index (χ0n) is 14.6. The summed E-state index contributed by atoms with van der Waals surface area (Å²) < 4.78 is 2.00. The number of aromatic nitrogens is 2. The third kappa shape index (κ3) is 4.42. The molecule has 7 heteroatoms. The molecule has 0 saturated heterocycles. The van der Waals surface area contributed by atoms with E-state index >= 15 is 0 Å². The van der Waals surface area contributed by atoms with Crippen LogP contribution in [0.25, 0.3) is 11.3 Å². The van der Waals surface area contributed by atoms with Gasteiger partial charge >= 0.3 is 0 Å². The number of amides is 1. The van der Waals surface area contributed by atoms with Gasteiger partial charge in [-0.15, -0.1) is 11.3 Å². The molecule has 2 heterocycles. The first-order chi connectivity index (χ1) is 12.5. The Kier molecular flexibility index (Phi) is 5.90. The smallest absolute Gasteiger partial charge is 0.217 e. The van der Waals surface area contributed by atoms with Crippen molar-refractivity contribution in [1.29, 1.82) is 0 Å². The third-order valence-corrected chi connectivity index (χ3v) is 5.97. The van der Waals surface area contributed by atoms with Crippen LogP contribution in [-0.2, 0) is 18.4 Å². The number of ketones is 1. The predicted molar refractivity (Wildman–Crippen MR) is 106 cm³/mol. The van der Waals surface area contributed by atoms with Crippen molar-refractivity contribution < 1.29 is 9.59 Å². The maximum atomic E-state index is 12.4. The van der Waals surface area contributed by atoms with Crippen LogP contribution < -0.4 is 5.32 Å². The summed E-state index contributed by atoms with van der Waals surface area (Å²) >= 11 is 2.85. The van der Waals surface area contributed by atoms with Gasteiger partial charge in [0.15, 0.2) is 10.9 Å². The average Bonchev–Trinajstić information content (AvgIpc) is 3.26. The molecule has 0 spiro atoms. The van der Waals surface area contributed by atoms with E-state index in [1.807, 2.05) is 60.3 Å². The zero-order valence-corrected chi connectivity index (χ0v) is 16.2. The monoisotopic (exact) mass is 385 g/mol. The van der Waals surface area contributed by atoms with Crippen molar-refractivity contribution in [2.75, 3.05) is 5.75 Å². The Balaban J connectivity index is 1.62. The molecule has 3 rings (SSSR count). The molecule has 0 atom stereocenters. The molecule has 3 aromatic rings. The second-order valence-corrected chi connectivity index (χ2v) is 7.85. The van der Waals surface area contributed by atoms with Gasteiger partial charge in [0.2, 0.25) is 5.91 Å². The van der Waals surface area contributed by atoms with Gasteiger partial charge in [-0.25, -0.2) is 4.98 Å². The first kappa shape index (κ1) is 18.4. The standard InChI is InChI=1S/C19H19N3O2S2/c1-13(23)20-10-15-8-9-18(26-15)17(24)12-25-19-21-11-16(22(19)2)14-6-4-3-5-7-14/h3-9,11H,10,12H2,1-2H3,(H,20,23). The van der Waals surface area contributed by atoms with E-state index in [-0.39, 0.29) is 11.7 Å². The highest BCUT2D eigenvalue weighted by Gasteiger charge is 2.14. The summed E-state index contributed by atoms with van der Waals surface area (Å²) in [5, 5.41) is 3.55. The van der Waals surface area contributed by atoms with E-state index in [0.717, 1.165) is 21.3 Å². The van der Waals surface area contributed by atoms with Crippen molar-refractivity contribution in [1.82, 2.24) is 14.9 Å². The van der Waals surface area contributed by atoms with Gasteiger partial charge in [-0.05, 0) is 17.7 Å². The molecule has 1 aromatic carbocycles. The molecule has 0 unspecified atom stereocenters. The number of rotatable bonds is 7. The van der Waals surface area contributed by atoms with Gasteiger partial charge in [-0.2, -0.15) is 0 Å². The van der Waals surface area contributed by atoms with Crippen molar-refractivity contribution in [3.63, 3.8) is 0 Å². The van der Waals surface area contributed by atoms with Gasteiger partial charge in [-0.1, -0.05) is 42.1 Å². The van der Waals surface area contributed by atoms with E-state index in [4.69, 9.17) is 0 Å². The number of nitrogens with zero attached hydrogens (tertiary/aromatic N) is 2. The van der Waals surface area contributed by atoms with Gasteiger partial charge in [0, 0.05) is 18.8 Å². The average molecular weight is 386 g/mol. The minimum Gasteiger partial charge on any atom is -0.351 e. The normalized spacial score (nSPS) is 10.7. The minimum absolute atomic E-state index is 0.0679. The van der Waals surface area contributed by atoms with E-state index in [0.29, 0.717) is 17.2 Å². The molecular weight excluding hydrogens is 366 g/mol. The van der Waals surface area contributed by atoms with Crippen molar-refractivity contribution in [2.24, 2.45) is 7.05 Å². The predicted octanol–water partition coefficient (Wildman–Crippen LogP) is 3.76. The van der Waals surface area contributed by atoms with Crippen LogP contribution in [0.5, 0.6) is 0 Å². The first-order valence-electron chi connectivity index (χ1n) is 8.11. The van der Waals surface area contributed by atoms with Crippen molar-refractivity contribution in [2.45, 2.75) is 18.6 Å². The lowest BCUT2D eigenvalue weighted by atomic mass is 10.2. The molecule has 5 nitrogen and oxygen atoms in total. The molecule has 1 amide bonds. The molecule has 0 saturated carbocycles. The zero-order chi connectivity index (χ0) is 18.5. The fourth-order valence-electron chi connectivity index (χ4n) is 2.44. The van der Waals surface area contributed by atoms with Crippen molar-refractivity contribution in [3.05, 3.63) is 58.4 Å². The highest BCUT2D eigenvalue weighted by Crippen LogP contribution is 2.26. The van der Waals surface area contributed by atoms with Gasteiger partial charge in [0.05, 0.1) is 29.1 Å². The number of hydrogen-bond acceptors (Lipinski definition) is 5. The Morgan fingerprint density at radius 2 is 1.96 bits per heavy atom. The van der Waals surface area contributed by atoms with Crippen LogP contribution in [0.3, 0.4) is 0 Å². The SMILES string of the molecule is CC(=O)NCc1ccc(C(=O)CSc2ncc(-c3ccccc3)n2C)s1. The van der Waals surface area contributed by atoms with Crippen LogP contribution in [0.4, 0.5) is 0 Å². The maximum absolute atomic E-state index is 12.4. The number of benzene rings is 1. The number of hydrogen-bond donors (Lipinski definition) is 1. The van der Waals surface area contributed by atoms with Gasteiger partial charge in [-0.3, -0.25) is 9.59 Å². The summed E-state index contributed by atoms with van der Waals surface area (Å²) in [5.74, 6) is 0.322. The molecule has 0 aliphatic carbocycles. The Hall–Kier alpha value is -2.38. The molecule has 0 bridgehead atoms. The van der Waals surface area contributed by atoms with Crippen LogP contribution in [0.15, 0.2) is 53.8 Å². The summed E-state index contributed by atoms with van der Waals surface area (Å²) in [5.41, 5.74) is 2.12. The maximum Gasteiger partial charge on any atom is 0.217 e. The molecule has 1 N–H and O–H groups in total. The Morgan fingerprint density at radius 3 is 2.69 bits per heavy atom. The second-order valence-electron chi connectivity index (χ2n) is 5.74.